The van der Waals surface area contributed by atoms with E-state index < -0.39 is 17.2 Å². The molecule has 1 atom stereocenters. The standard InChI is InChI=1S/C17H14F3N3OSe/c18-12-1-4-14(5-2-12)25-9-17(24,8-23-11-21-10-22-23)15-6-3-13(19)7-16(15)20/h1-7,10-11,24H,8-9H2. The van der Waals surface area contributed by atoms with E-state index >= 15 is 0 Å². The van der Waals surface area contributed by atoms with Crippen molar-refractivity contribution in [3.8, 4) is 0 Å². The average Bonchev–Trinajstić information content (AvgIpc) is 3.07. The van der Waals surface area contributed by atoms with Crippen LogP contribution in [0.15, 0.2) is 55.1 Å². The van der Waals surface area contributed by atoms with Crippen molar-refractivity contribution in [2.24, 2.45) is 0 Å². The molecule has 0 radical (unpaired) electrons. The molecule has 0 bridgehead atoms. The quantitative estimate of drug-likeness (QED) is 0.631. The van der Waals surface area contributed by atoms with E-state index in [4.69, 9.17) is 0 Å². The summed E-state index contributed by atoms with van der Waals surface area (Å²) < 4.78 is 42.8. The molecule has 1 unspecified atom stereocenters. The summed E-state index contributed by atoms with van der Waals surface area (Å²) in [6.07, 6.45) is 2.73. The van der Waals surface area contributed by atoms with Crippen LogP contribution < -0.4 is 4.46 Å². The van der Waals surface area contributed by atoms with E-state index in [0.29, 0.717) is 0 Å². The third-order valence-electron chi connectivity index (χ3n) is 3.61. The van der Waals surface area contributed by atoms with Gasteiger partial charge >= 0.3 is 148 Å². The van der Waals surface area contributed by atoms with E-state index in [-0.39, 0.29) is 38.2 Å². The van der Waals surface area contributed by atoms with Crippen LogP contribution >= 0.6 is 0 Å². The number of nitrogens with zero attached hydrogens (tertiary/aromatic N) is 3. The van der Waals surface area contributed by atoms with Crippen LogP contribution in [-0.2, 0) is 12.1 Å². The topological polar surface area (TPSA) is 50.9 Å². The van der Waals surface area contributed by atoms with E-state index in [1.54, 1.807) is 12.1 Å². The second kappa shape index (κ2) is 7.39. The van der Waals surface area contributed by atoms with E-state index in [9.17, 15) is 18.3 Å². The number of benzene rings is 2. The van der Waals surface area contributed by atoms with Gasteiger partial charge < -0.3 is 0 Å². The molecule has 3 aromatic rings. The van der Waals surface area contributed by atoms with Gasteiger partial charge in [-0.1, -0.05) is 0 Å². The Morgan fingerprint density at radius 1 is 1.04 bits per heavy atom. The molecule has 1 N–H and O–H groups in total. The maximum absolute atomic E-state index is 14.3. The molecule has 0 aliphatic heterocycles. The fourth-order valence-corrected chi connectivity index (χ4v) is 4.45. The minimum atomic E-state index is -1.60. The van der Waals surface area contributed by atoms with Crippen LogP contribution in [0.25, 0.3) is 0 Å². The number of aromatic nitrogens is 3. The van der Waals surface area contributed by atoms with Crippen molar-refractivity contribution in [3.05, 3.63) is 78.1 Å². The first-order valence-electron chi connectivity index (χ1n) is 7.35. The van der Waals surface area contributed by atoms with Gasteiger partial charge in [-0.25, -0.2) is 0 Å². The summed E-state index contributed by atoms with van der Waals surface area (Å²) in [4.78, 5) is 3.81. The second-order valence-electron chi connectivity index (χ2n) is 5.49. The zero-order valence-corrected chi connectivity index (χ0v) is 14.7. The zero-order chi connectivity index (χ0) is 17.9. The van der Waals surface area contributed by atoms with Gasteiger partial charge in [0.05, 0.1) is 0 Å². The van der Waals surface area contributed by atoms with Crippen LogP contribution in [0.1, 0.15) is 5.56 Å². The van der Waals surface area contributed by atoms with Gasteiger partial charge in [0, 0.05) is 0 Å². The van der Waals surface area contributed by atoms with Crippen LogP contribution in [0, 0.1) is 17.5 Å². The fraction of sp³-hybridized carbons (Fsp3) is 0.176. The second-order valence-corrected chi connectivity index (χ2v) is 7.69. The van der Waals surface area contributed by atoms with Crippen molar-refractivity contribution in [1.82, 2.24) is 14.8 Å². The van der Waals surface area contributed by atoms with Gasteiger partial charge in [-0.05, 0) is 0 Å². The summed E-state index contributed by atoms with van der Waals surface area (Å²) in [6.45, 7) is -0.0293. The van der Waals surface area contributed by atoms with Gasteiger partial charge in [-0.3, -0.25) is 0 Å². The Hall–Kier alpha value is -2.15. The van der Waals surface area contributed by atoms with Crippen LogP contribution in [0.4, 0.5) is 13.2 Å². The Morgan fingerprint density at radius 2 is 1.76 bits per heavy atom. The predicted octanol–water partition coefficient (Wildman–Crippen LogP) is 2.03. The van der Waals surface area contributed by atoms with Gasteiger partial charge in [-0.2, -0.15) is 0 Å². The van der Waals surface area contributed by atoms with Gasteiger partial charge in [0.1, 0.15) is 0 Å². The third-order valence-corrected chi connectivity index (χ3v) is 6.19. The molecule has 0 spiro atoms. The molecule has 2 aromatic carbocycles. The van der Waals surface area contributed by atoms with Crippen LogP contribution in [-0.4, -0.2) is 34.8 Å². The summed E-state index contributed by atoms with van der Waals surface area (Å²) in [5.74, 6) is -1.88. The van der Waals surface area contributed by atoms with Crippen molar-refractivity contribution in [1.29, 1.82) is 0 Å². The Kier molecular flexibility index (Phi) is 5.22. The summed E-state index contributed by atoms with van der Waals surface area (Å²) in [5.41, 5.74) is -1.60. The molecule has 0 amide bonds. The molecule has 25 heavy (non-hydrogen) atoms. The first-order chi connectivity index (χ1) is 12.0. The Bertz CT molecular complexity index is 843. The number of halogens is 3. The molecule has 130 valence electrons. The number of hydrogen-bond acceptors (Lipinski definition) is 3. The number of rotatable bonds is 6. The predicted molar refractivity (Wildman–Crippen MR) is 86.9 cm³/mol. The molecule has 1 heterocycles. The normalized spacial score (nSPS) is 13.6. The molecule has 0 saturated heterocycles. The van der Waals surface area contributed by atoms with Crippen molar-refractivity contribution < 1.29 is 18.3 Å². The van der Waals surface area contributed by atoms with Crippen LogP contribution in [0.5, 0.6) is 0 Å². The molecular formula is C17H14F3N3OSe. The average molecular weight is 412 g/mol. The van der Waals surface area contributed by atoms with Crippen molar-refractivity contribution in [3.63, 3.8) is 0 Å². The molecule has 0 saturated carbocycles. The van der Waals surface area contributed by atoms with Gasteiger partial charge in [-0.15, -0.1) is 0 Å². The first kappa shape index (κ1) is 17.7. The number of hydrogen-bond donors (Lipinski definition) is 1. The molecule has 4 nitrogen and oxygen atoms in total. The molecule has 0 aliphatic carbocycles. The van der Waals surface area contributed by atoms with Crippen molar-refractivity contribution >= 4 is 19.4 Å². The van der Waals surface area contributed by atoms with E-state index in [0.717, 1.165) is 16.6 Å². The first-order valence-corrected chi connectivity index (χ1v) is 9.42. The summed E-state index contributed by atoms with van der Waals surface area (Å²) in [7, 11) is 0. The van der Waals surface area contributed by atoms with E-state index in [2.05, 4.69) is 10.1 Å². The summed E-state index contributed by atoms with van der Waals surface area (Å²) >= 11 is -0.260. The van der Waals surface area contributed by atoms with Gasteiger partial charge in [0.15, 0.2) is 0 Å². The Labute approximate surface area is 148 Å². The Morgan fingerprint density at radius 3 is 2.40 bits per heavy atom. The monoisotopic (exact) mass is 413 g/mol. The third kappa shape index (κ3) is 4.28. The van der Waals surface area contributed by atoms with Gasteiger partial charge in [0.25, 0.3) is 0 Å². The summed E-state index contributed by atoms with van der Waals surface area (Å²) in [6, 6.07) is 9.03. The number of aliphatic hydroxyl groups is 1. The summed E-state index contributed by atoms with van der Waals surface area (Å²) in [5, 5.41) is 15.3. The van der Waals surface area contributed by atoms with E-state index in [1.807, 2.05) is 0 Å². The van der Waals surface area contributed by atoms with Crippen LogP contribution in [0.3, 0.4) is 0 Å². The molecular weight excluding hydrogens is 398 g/mol. The molecule has 8 heteroatoms. The molecule has 0 fully saturated rings. The van der Waals surface area contributed by atoms with E-state index in [1.165, 1.54) is 35.5 Å². The zero-order valence-electron chi connectivity index (χ0n) is 12.9. The Balaban J connectivity index is 1.89. The molecule has 0 aliphatic rings. The maximum atomic E-state index is 14.3. The minimum absolute atomic E-state index is 0.00612. The van der Waals surface area contributed by atoms with Crippen LogP contribution in [0.2, 0.25) is 5.32 Å². The molecule has 1 aromatic heterocycles. The van der Waals surface area contributed by atoms with Gasteiger partial charge in [0.2, 0.25) is 0 Å². The van der Waals surface area contributed by atoms with Crippen molar-refractivity contribution in [2.45, 2.75) is 17.5 Å². The fourth-order valence-electron chi connectivity index (χ4n) is 2.39. The molecule has 3 rings (SSSR count). The van der Waals surface area contributed by atoms with Crippen molar-refractivity contribution in [2.75, 3.05) is 0 Å². The SMILES string of the molecule is OC(C[Se]c1ccc(F)cc1)(Cn1cncn1)c1ccc(F)cc1F.